The van der Waals surface area contributed by atoms with Gasteiger partial charge in [0.05, 0.1) is 48.8 Å². The van der Waals surface area contributed by atoms with Crippen molar-refractivity contribution in [3.8, 4) is 0 Å². The first-order valence-corrected chi connectivity index (χ1v) is 11.3. The van der Waals surface area contributed by atoms with Crippen LogP contribution >= 0.6 is 0 Å². The van der Waals surface area contributed by atoms with E-state index in [1.54, 1.807) is 55.4 Å². The summed E-state index contributed by atoms with van der Waals surface area (Å²) in [7, 11) is 0. The van der Waals surface area contributed by atoms with Crippen molar-refractivity contribution in [3.63, 3.8) is 0 Å². The quantitative estimate of drug-likeness (QED) is 0.100. The van der Waals surface area contributed by atoms with Gasteiger partial charge in [0, 0.05) is 34.1 Å². The van der Waals surface area contributed by atoms with Crippen LogP contribution in [0.3, 0.4) is 0 Å². The predicted molar refractivity (Wildman–Crippen MR) is 128 cm³/mol. The average molecular weight is 622 g/mol. The Balaban J connectivity index is -0.0000000577. The molecular weight excluding hydrogens is 568 g/mol. The molecule has 0 aliphatic heterocycles. The third-order valence-electron chi connectivity index (χ3n) is 3.00. The molecule has 12 nitrogen and oxygen atoms in total. The number of aliphatic hydroxyl groups is 12. The molecule has 8 atom stereocenters. The Kier molecular flexibility index (Phi) is 52.3. The Labute approximate surface area is 237 Å². The van der Waals surface area contributed by atoms with Crippen molar-refractivity contribution in [2.24, 2.45) is 0 Å². The van der Waals surface area contributed by atoms with Crippen LogP contribution in [0.2, 0.25) is 0 Å². The van der Waals surface area contributed by atoms with Crippen LogP contribution in [0, 0.1) is 0 Å². The maximum atomic E-state index is 8.56. The minimum atomic E-state index is -2.04. The van der Waals surface area contributed by atoms with Crippen LogP contribution in [-0.4, -0.2) is 123 Å². The van der Waals surface area contributed by atoms with E-state index in [0.717, 1.165) is 0 Å². The van der Waals surface area contributed by atoms with E-state index in [0.29, 0.717) is 25.7 Å². The van der Waals surface area contributed by atoms with E-state index in [4.69, 9.17) is 61.3 Å². The number of rotatable bonds is 9. The molecule has 0 aromatic heterocycles. The van der Waals surface area contributed by atoms with Crippen LogP contribution < -0.4 is 0 Å². The van der Waals surface area contributed by atoms with Gasteiger partial charge in [-0.1, -0.05) is 0 Å². The summed E-state index contributed by atoms with van der Waals surface area (Å²) in [4.78, 5) is 0. The predicted octanol–water partition coefficient (Wildman–Crippen LogP) is -1.84. The summed E-state index contributed by atoms with van der Waals surface area (Å²) < 4.78 is 0. The van der Waals surface area contributed by atoms with E-state index in [9.17, 15) is 0 Å². The fraction of sp³-hybridized carbons (Fsp3) is 1.00. The van der Waals surface area contributed by atoms with Crippen molar-refractivity contribution in [2.45, 2.75) is 142 Å². The summed E-state index contributed by atoms with van der Waals surface area (Å²) in [5.41, 5.74) is 0. The van der Waals surface area contributed by atoms with Crippen molar-refractivity contribution < 1.29 is 95.4 Å². The van der Waals surface area contributed by atoms with Crippen LogP contribution in [0.5, 0.6) is 0 Å². The largest absolute Gasteiger partial charge is 0.393 e. The second kappa shape index (κ2) is 35.6. The van der Waals surface area contributed by atoms with E-state index in [2.05, 4.69) is 0 Å². The average Bonchev–Trinajstić information content (AvgIpc) is 2.51. The SMILES string of the molecule is CC(O)CC(C)O.CC(O)CC(C)O.CC(O)CC(C)O.CC(O)CC(C)O.OC(O)C(O)O.[Fe].[Fe]. The van der Waals surface area contributed by atoms with E-state index < -0.39 is 12.6 Å². The van der Waals surface area contributed by atoms with E-state index in [1.165, 1.54) is 0 Å². The second-order valence-corrected chi connectivity index (χ2v) is 8.56. The van der Waals surface area contributed by atoms with Crippen LogP contribution in [0.25, 0.3) is 0 Å². The molecule has 0 bridgehead atoms. The smallest absolute Gasteiger partial charge is 0.204 e. The van der Waals surface area contributed by atoms with Gasteiger partial charge in [-0.05, 0) is 81.1 Å². The standard InChI is InChI=1S/4C5H12O2.C2H6O4.2Fe/c4*1-4(6)3-5(2)7;3-1(4)2(5)6;;/h4*4-7H,3H2,1-2H3;1-6H;;. The van der Waals surface area contributed by atoms with Crippen molar-refractivity contribution in [1.82, 2.24) is 0 Å². The molecule has 0 aliphatic rings. The number of aliphatic hydroxyl groups excluding tert-OH is 10. The van der Waals surface area contributed by atoms with Gasteiger partial charge in [-0.15, -0.1) is 0 Å². The molecule has 0 saturated carbocycles. The first kappa shape index (κ1) is 52.9. The zero-order valence-corrected chi connectivity index (χ0v) is 24.9. The maximum Gasteiger partial charge on any atom is 0.204 e. The van der Waals surface area contributed by atoms with Crippen LogP contribution in [0.4, 0.5) is 0 Å². The van der Waals surface area contributed by atoms with Crippen LogP contribution in [0.15, 0.2) is 0 Å². The van der Waals surface area contributed by atoms with Gasteiger partial charge in [0.15, 0.2) is 0 Å². The van der Waals surface area contributed by atoms with E-state index in [1.807, 2.05) is 0 Å². The topological polar surface area (TPSA) is 243 Å². The molecule has 0 radical (unpaired) electrons. The Bertz CT molecular complexity index is 283. The van der Waals surface area contributed by atoms with Gasteiger partial charge in [0.2, 0.25) is 12.6 Å². The molecule has 36 heavy (non-hydrogen) atoms. The summed E-state index contributed by atoms with van der Waals surface area (Å²) >= 11 is 0. The first-order valence-electron chi connectivity index (χ1n) is 11.3. The Morgan fingerprint density at radius 1 is 0.278 bits per heavy atom. The minimum absolute atomic E-state index is 0. The van der Waals surface area contributed by atoms with Gasteiger partial charge >= 0.3 is 0 Å². The van der Waals surface area contributed by atoms with Crippen molar-refractivity contribution in [2.75, 3.05) is 0 Å². The third kappa shape index (κ3) is 92.1. The Morgan fingerprint density at radius 3 is 0.361 bits per heavy atom. The fourth-order valence-corrected chi connectivity index (χ4v) is 1.97. The summed E-state index contributed by atoms with van der Waals surface area (Å²) in [5, 5.41) is 99.2. The molecule has 12 N–H and O–H groups in total. The molecule has 0 aromatic carbocycles. The molecule has 0 aromatic rings. The summed E-state index contributed by atoms with van der Waals surface area (Å²) in [6, 6.07) is 0. The molecule has 0 amide bonds. The second-order valence-electron chi connectivity index (χ2n) is 8.56. The van der Waals surface area contributed by atoms with Crippen molar-refractivity contribution in [1.29, 1.82) is 0 Å². The Hall–Kier alpha value is 0.559. The molecule has 0 rings (SSSR count). The van der Waals surface area contributed by atoms with Crippen molar-refractivity contribution in [3.05, 3.63) is 0 Å². The molecule has 230 valence electrons. The van der Waals surface area contributed by atoms with Gasteiger partial charge in [-0.3, -0.25) is 0 Å². The molecular formula is C22H54Fe2O12. The minimum Gasteiger partial charge on any atom is -0.393 e. The van der Waals surface area contributed by atoms with Crippen LogP contribution in [0.1, 0.15) is 81.1 Å². The fourth-order valence-electron chi connectivity index (χ4n) is 1.97. The molecule has 8 unspecified atom stereocenters. The summed E-state index contributed by atoms with van der Waals surface area (Å²) in [5.74, 6) is 0. The third-order valence-corrected chi connectivity index (χ3v) is 3.00. The zero-order valence-electron chi connectivity index (χ0n) is 22.7. The van der Waals surface area contributed by atoms with Gasteiger partial charge in [0.1, 0.15) is 0 Å². The van der Waals surface area contributed by atoms with E-state index >= 15 is 0 Å². The summed E-state index contributed by atoms with van der Waals surface area (Å²) in [6.07, 6.45) is -5.19. The monoisotopic (exact) mass is 622 g/mol. The molecule has 0 aliphatic carbocycles. The normalized spacial score (nSPS) is 16.5. The summed E-state index contributed by atoms with van der Waals surface area (Å²) in [6.45, 7) is 13.3. The van der Waals surface area contributed by atoms with Gasteiger partial charge < -0.3 is 61.3 Å². The maximum absolute atomic E-state index is 8.56. The van der Waals surface area contributed by atoms with Gasteiger partial charge in [-0.2, -0.15) is 0 Å². The Morgan fingerprint density at radius 2 is 0.361 bits per heavy atom. The number of hydrogen-bond donors (Lipinski definition) is 12. The first-order chi connectivity index (χ1) is 15.1. The molecule has 0 fully saturated rings. The van der Waals surface area contributed by atoms with Crippen molar-refractivity contribution >= 4 is 0 Å². The number of hydrogen-bond acceptors (Lipinski definition) is 12. The van der Waals surface area contributed by atoms with Gasteiger partial charge in [0.25, 0.3) is 0 Å². The molecule has 0 spiro atoms. The molecule has 0 saturated heterocycles. The van der Waals surface area contributed by atoms with Crippen LogP contribution in [-0.2, 0) is 34.1 Å². The van der Waals surface area contributed by atoms with Gasteiger partial charge in [-0.25, -0.2) is 0 Å². The molecule has 0 heterocycles. The van der Waals surface area contributed by atoms with E-state index in [-0.39, 0.29) is 83.0 Å². The molecule has 14 heteroatoms. The zero-order chi connectivity index (χ0) is 28.6.